The van der Waals surface area contributed by atoms with Gasteiger partial charge >= 0.3 is 5.97 Å². The predicted octanol–water partition coefficient (Wildman–Crippen LogP) is 1.88. The molecule has 1 fully saturated rings. The summed E-state index contributed by atoms with van der Waals surface area (Å²) in [6.07, 6.45) is 5.69. The van der Waals surface area contributed by atoms with E-state index in [0.29, 0.717) is 49.3 Å². The van der Waals surface area contributed by atoms with E-state index >= 15 is 0 Å². The number of nitrogens with one attached hydrogen (secondary N) is 1. The molecule has 5 rings (SSSR count). The van der Waals surface area contributed by atoms with E-state index in [1.54, 1.807) is 29.6 Å². The Bertz CT molecular complexity index is 1180. The van der Waals surface area contributed by atoms with E-state index < -0.39 is 17.8 Å². The number of hydrogen-bond donors (Lipinski definition) is 2. The molecule has 178 valence electrons. The number of anilines is 2. The smallest absolute Gasteiger partial charge is 0.327 e. The van der Waals surface area contributed by atoms with Crippen LogP contribution in [0.3, 0.4) is 0 Å². The van der Waals surface area contributed by atoms with Crippen molar-refractivity contribution < 1.29 is 14.3 Å². The number of pyridine rings is 1. The summed E-state index contributed by atoms with van der Waals surface area (Å²) in [5, 5.41) is 12.6. The largest absolute Gasteiger partial charge is 0.480 e. The second-order valence-corrected chi connectivity index (χ2v) is 8.04. The maximum atomic E-state index is 14.6. The van der Waals surface area contributed by atoms with Crippen LogP contribution in [0.2, 0.25) is 0 Å². The van der Waals surface area contributed by atoms with E-state index in [-0.39, 0.29) is 25.0 Å². The highest BCUT2D eigenvalue weighted by Crippen LogP contribution is 2.33. The number of fused-ring (bicyclic) bond motifs is 1. The zero-order valence-corrected chi connectivity index (χ0v) is 19.2. The van der Waals surface area contributed by atoms with Crippen molar-refractivity contribution in [1.29, 1.82) is 0 Å². The van der Waals surface area contributed by atoms with Crippen LogP contribution in [0.15, 0.2) is 36.8 Å². The Labute approximate surface area is 201 Å². The van der Waals surface area contributed by atoms with Crippen molar-refractivity contribution in [3.63, 3.8) is 0 Å². The fourth-order valence-corrected chi connectivity index (χ4v) is 4.36. The van der Waals surface area contributed by atoms with Gasteiger partial charge in [-0.25, -0.2) is 34.1 Å². The third-order valence-electron chi connectivity index (χ3n) is 6.05. The normalized spacial score (nSPS) is 19.8. The monoisotopic (exact) mass is 486 g/mol. The van der Waals surface area contributed by atoms with Gasteiger partial charge in [0.15, 0.2) is 11.6 Å². The molecular formula is C22H24ClFN8O2. The average molecular weight is 487 g/mol. The topological polar surface area (TPSA) is 120 Å². The number of nitrogens with zero attached hydrogens (tertiary/aromatic N) is 7. The molecule has 3 aromatic rings. The minimum atomic E-state index is -0.967. The number of piperazine rings is 1. The van der Waals surface area contributed by atoms with Gasteiger partial charge in [-0.1, -0.05) is 0 Å². The molecule has 34 heavy (non-hydrogen) atoms. The molecule has 2 aliphatic rings. The lowest BCUT2D eigenvalue weighted by atomic mass is 9.99. The second-order valence-electron chi connectivity index (χ2n) is 8.04. The molecule has 2 N–H and O–H groups in total. The first kappa shape index (κ1) is 23.7. The van der Waals surface area contributed by atoms with E-state index in [4.69, 9.17) is 0 Å². The Hall–Kier alpha value is -3.44. The summed E-state index contributed by atoms with van der Waals surface area (Å²) >= 11 is 0. The Kier molecular flexibility index (Phi) is 6.85. The third-order valence-corrected chi connectivity index (χ3v) is 6.05. The van der Waals surface area contributed by atoms with Crippen molar-refractivity contribution in [3.05, 3.63) is 53.9 Å². The zero-order chi connectivity index (χ0) is 22.9. The standard InChI is InChI=1S/C22H23FN8O2.ClH/c1-13-15-11-27-21(20-25-4-2-5-26-20)28-16(15)3-7-30(13)18-9-14(23)10-19(29-18)31-8-6-24-12-17(31)22(32)33;/h2,4-5,9-11,13,17,24H,3,6-8,12H2,1H3,(H,32,33);1H. The molecule has 0 aromatic carbocycles. The van der Waals surface area contributed by atoms with Gasteiger partial charge in [-0.3, -0.25) is 0 Å². The third kappa shape index (κ3) is 4.48. The van der Waals surface area contributed by atoms with E-state index in [1.165, 1.54) is 12.1 Å². The predicted molar refractivity (Wildman–Crippen MR) is 126 cm³/mol. The van der Waals surface area contributed by atoms with Crippen LogP contribution in [-0.2, 0) is 11.2 Å². The molecule has 10 nitrogen and oxygen atoms in total. The van der Waals surface area contributed by atoms with E-state index in [2.05, 4.69) is 30.2 Å². The van der Waals surface area contributed by atoms with Crippen molar-refractivity contribution in [2.24, 2.45) is 0 Å². The molecule has 0 amide bonds. The van der Waals surface area contributed by atoms with Crippen LogP contribution in [0.5, 0.6) is 0 Å². The minimum Gasteiger partial charge on any atom is -0.480 e. The number of rotatable bonds is 4. The molecule has 0 bridgehead atoms. The average Bonchev–Trinajstić information content (AvgIpc) is 2.84. The van der Waals surface area contributed by atoms with Gasteiger partial charge < -0.3 is 20.2 Å². The SMILES string of the molecule is CC1c2cnc(-c3ncccn3)nc2CCN1c1cc(F)cc(N2CCNCC2C(=O)O)n1.Cl. The number of hydrogen-bond acceptors (Lipinski definition) is 9. The van der Waals surface area contributed by atoms with Crippen LogP contribution >= 0.6 is 12.4 Å². The zero-order valence-electron chi connectivity index (χ0n) is 18.4. The lowest BCUT2D eigenvalue weighted by Gasteiger charge is -2.37. The van der Waals surface area contributed by atoms with Crippen molar-refractivity contribution >= 4 is 30.0 Å². The Morgan fingerprint density at radius 3 is 2.56 bits per heavy atom. The van der Waals surface area contributed by atoms with Gasteiger partial charge in [0.2, 0.25) is 0 Å². The summed E-state index contributed by atoms with van der Waals surface area (Å²) in [5.74, 6) is 0.301. The highest BCUT2D eigenvalue weighted by Gasteiger charge is 2.32. The van der Waals surface area contributed by atoms with Gasteiger partial charge in [-0.2, -0.15) is 0 Å². The number of aromatic nitrogens is 5. The van der Waals surface area contributed by atoms with E-state index in [0.717, 1.165) is 11.3 Å². The first-order chi connectivity index (χ1) is 16.0. The number of aliphatic carboxylic acids is 1. The Morgan fingerprint density at radius 1 is 1.09 bits per heavy atom. The highest BCUT2D eigenvalue weighted by molar-refractivity contribution is 5.85. The number of carboxylic acid groups (broad SMARTS) is 1. The van der Waals surface area contributed by atoms with E-state index in [1.807, 2.05) is 11.8 Å². The van der Waals surface area contributed by atoms with Crippen molar-refractivity contribution in [2.45, 2.75) is 25.4 Å². The van der Waals surface area contributed by atoms with E-state index in [9.17, 15) is 14.3 Å². The maximum Gasteiger partial charge on any atom is 0.327 e. The molecule has 2 atom stereocenters. The molecule has 1 saturated heterocycles. The van der Waals surface area contributed by atoms with Crippen LogP contribution in [-0.4, -0.2) is 68.2 Å². The molecule has 0 spiro atoms. The molecule has 5 heterocycles. The van der Waals surface area contributed by atoms with Gasteiger partial charge in [0, 0.05) is 68.9 Å². The molecule has 3 aromatic heterocycles. The maximum absolute atomic E-state index is 14.6. The van der Waals surface area contributed by atoms with Crippen molar-refractivity contribution in [1.82, 2.24) is 30.2 Å². The van der Waals surface area contributed by atoms with Crippen molar-refractivity contribution in [3.8, 4) is 11.6 Å². The molecule has 2 unspecified atom stereocenters. The molecule has 0 aliphatic carbocycles. The lowest BCUT2D eigenvalue weighted by molar-refractivity contribution is -0.138. The molecule has 0 saturated carbocycles. The van der Waals surface area contributed by atoms with Gasteiger partial charge in [0.05, 0.1) is 11.7 Å². The summed E-state index contributed by atoms with van der Waals surface area (Å²) < 4.78 is 14.6. The fraction of sp³-hybridized carbons (Fsp3) is 0.364. The number of carbonyl (C=O) groups is 1. The first-order valence-electron chi connectivity index (χ1n) is 10.8. The van der Waals surface area contributed by atoms with Crippen LogP contribution in [0.4, 0.5) is 16.0 Å². The molecule has 2 aliphatic heterocycles. The summed E-state index contributed by atoms with van der Waals surface area (Å²) in [4.78, 5) is 37.5. The van der Waals surface area contributed by atoms with Crippen LogP contribution in [0, 0.1) is 5.82 Å². The second kappa shape index (κ2) is 9.82. The van der Waals surface area contributed by atoms with Gasteiger partial charge in [0.1, 0.15) is 23.5 Å². The Morgan fingerprint density at radius 2 is 1.82 bits per heavy atom. The number of carboxylic acids is 1. The Balaban J connectivity index is 0.00000274. The van der Waals surface area contributed by atoms with Gasteiger partial charge in [-0.05, 0) is 13.0 Å². The molecule has 0 radical (unpaired) electrons. The molecular weight excluding hydrogens is 463 g/mol. The van der Waals surface area contributed by atoms with Crippen molar-refractivity contribution in [2.75, 3.05) is 36.0 Å². The first-order valence-corrected chi connectivity index (χ1v) is 10.8. The highest BCUT2D eigenvalue weighted by atomic mass is 35.5. The van der Waals surface area contributed by atoms with Crippen LogP contribution < -0.4 is 15.1 Å². The quantitative estimate of drug-likeness (QED) is 0.565. The molecule has 12 heteroatoms. The van der Waals surface area contributed by atoms with Gasteiger partial charge in [0.25, 0.3) is 0 Å². The summed E-state index contributed by atoms with van der Waals surface area (Å²) in [6, 6.07) is 3.48. The number of halogens is 2. The minimum absolute atomic E-state index is 0. The summed E-state index contributed by atoms with van der Waals surface area (Å²) in [7, 11) is 0. The lowest BCUT2D eigenvalue weighted by Crippen LogP contribution is -2.55. The summed E-state index contributed by atoms with van der Waals surface area (Å²) in [6.45, 7) is 3.90. The van der Waals surface area contributed by atoms with Crippen LogP contribution in [0.1, 0.15) is 24.2 Å². The van der Waals surface area contributed by atoms with Crippen LogP contribution in [0.25, 0.3) is 11.6 Å². The fourth-order valence-electron chi connectivity index (χ4n) is 4.36. The van der Waals surface area contributed by atoms with Gasteiger partial charge in [-0.15, -0.1) is 12.4 Å². The summed E-state index contributed by atoms with van der Waals surface area (Å²) in [5.41, 5.74) is 1.83.